The fourth-order valence-corrected chi connectivity index (χ4v) is 4.03. The number of hydrogen-bond acceptors (Lipinski definition) is 4. The highest BCUT2D eigenvalue weighted by atomic mass is 32.2. The van der Waals surface area contributed by atoms with Crippen LogP contribution in [0, 0.1) is 0 Å². The van der Waals surface area contributed by atoms with Crippen LogP contribution < -0.4 is 11.1 Å². The molecule has 0 aromatic heterocycles. The van der Waals surface area contributed by atoms with Gasteiger partial charge in [-0.05, 0) is 23.5 Å². The van der Waals surface area contributed by atoms with Crippen molar-refractivity contribution in [2.24, 2.45) is 5.73 Å². The van der Waals surface area contributed by atoms with E-state index in [1.54, 1.807) is 0 Å². The second-order valence-electron chi connectivity index (χ2n) is 6.24. The fraction of sp³-hybridized carbons (Fsp3) is 0.562. The minimum atomic E-state index is -3.24. The Labute approximate surface area is 138 Å². The van der Waals surface area contributed by atoms with E-state index >= 15 is 0 Å². The van der Waals surface area contributed by atoms with Gasteiger partial charge in [0.15, 0.2) is 0 Å². The van der Waals surface area contributed by atoms with E-state index in [4.69, 9.17) is 5.73 Å². The van der Waals surface area contributed by atoms with E-state index < -0.39 is 10.0 Å². The Hall–Kier alpha value is -1.44. The van der Waals surface area contributed by atoms with Gasteiger partial charge in [-0.15, -0.1) is 0 Å². The summed E-state index contributed by atoms with van der Waals surface area (Å²) < 4.78 is 24.6. The van der Waals surface area contributed by atoms with Crippen LogP contribution in [-0.2, 0) is 14.8 Å². The summed E-state index contributed by atoms with van der Waals surface area (Å²) in [4.78, 5) is 11.9. The minimum absolute atomic E-state index is 0.124. The first-order valence-electron chi connectivity index (χ1n) is 7.89. The molecule has 1 aromatic carbocycles. The predicted octanol–water partition coefficient (Wildman–Crippen LogP) is 0.962. The van der Waals surface area contributed by atoms with Gasteiger partial charge in [0, 0.05) is 19.1 Å². The Morgan fingerprint density at radius 3 is 2.39 bits per heavy atom. The van der Waals surface area contributed by atoms with Gasteiger partial charge in [-0.1, -0.05) is 38.1 Å². The lowest BCUT2D eigenvalue weighted by Crippen LogP contribution is -2.40. The van der Waals surface area contributed by atoms with Crippen LogP contribution in [0.1, 0.15) is 43.4 Å². The number of amides is 1. The highest BCUT2D eigenvalue weighted by Gasteiger charge is 2.29. The second kappa shape index (κ2) is 7.42. The van der Waals surface area contributed by atoms with Gasteiger partial charge in [-0.2, -0.15) is 4.31 Å². The molecule has 6 nitrogen and oxygen atoms in total. The van der Waals surface area contributed by atoms with E-state index in [1.807, 2.05) is 24.3 Å². The van der Waals surface area contributed by atoms with Gasteiger partial charge in [-0.25, -0.2) is 8.42 Å². The van der Waals surface area contributed by atoms with Gasteiger partial charge in [-0.3, -0.25) is 4.79 Å². The molecule has 1 heterocycles. The molecule has 1 aromatic rings. The van der Waals surface area contributed by atoms with E-state index in [9.17, 15) is 13.2 Å². The number of rotatable bonds is 6. The largest absolute Gasteiger partial charge is 0.353 e. The van der Waals surface area contributed by atoms with E-state index in [1.165, 1.54) is 9.87 Å². The number of sulfonamides is 1. The van der Waals surface area contributed by atoms with Gasteiger partial charge in [0.25, 0.3) is 0 Å². The lowest BCUT2D eigenvalue weighted by molar-refractivity contribution is -0.121. The molecule has 0 saturated carbocycles. The normalized spacial score (nSPS) is 19.0. The SMILES string of the molecule is CC(C)c1ccc(C(N)CNC(=O)CN2CCCS2(=O)=O)cc1. The molecule has 1 fully saturated rings. The summed E-state index contributed by atoms with van der Waals surface area (Å²) in [7, 11) is -3.24. The van der Waals surface area contributed by atoms with Crippen LogP contribution in [0.4, 0.5) is 0 Å². The quantitative estimate of drug-likeness (QED) is 0.807. The third-order valence-corrected chi connectivity index (χ3v) is 5.98. The number of benzene rings is 1. The van der Waals surface area contributed by atoms with E-state index in [-0.39, 0.29) is 30.8 Å². The molecular weight excluding hydrogens is 314 g/mol. The summed E-state index contributed by atoms with van der Waals surface area (Å²) in [5.41, 5.74) is 8.27. The molecule has 23 heavy (non-hydrogen) atoms. The summed E-state index contributed by atoms with van der Waals surface area (Å²) in [5.74, 6) is 0.272. The Bertz CT molecular complexity index is 641. The summed E-state index contributed by atoms with van der Waals surface area (Å²) in [6, 6.07) is 7.71. The van der Waals surface area contributed by atoms with E-state index in [0.717, 1.165) is 5.56 Å². The van der Waals surface area contributed by atoms with Crippen molar-refractivity contribution in [2.75, 3.05) is 25.4 Å². The molecule has 1 amide bonds. The zero-order valence-electron chi connectivity index (χ0n) is 13.7. The van der Waals surface area contributed by atoms with Crippen LogP contribution in [0.3, 0.4) is 0 Å². The Morgan fingerprint density at radius 2 is 1.87 bits per heavy atom. The fourth-order valence-electron chi connectivity index (χ4n) is 2.55. The number of carbonyl (C=O) groups excluding carboxylic acids is 1. The zero-order valence-corrected chi connectivity index (χ0v) is 14.5. The van der Waals surface area contributed by atoms with E-state index in [0.29, 0.717) is 18.9 Å². The number of nitrogens with one attached hydrogen (secondary N) is 1. The van der Waals surface area contributed by atoms with Crippen molar-refractivity contribution in [1.82, 2.24) is 9.62 Å². The van der Waals surface area contributed by atoms with Crippen LogP contribution in [0.5, 0.6) is 0 Å². The van der Waals surface area contributed by atoms with E-state index in [2.05, 4.69) is 19.2 Å². The van der Waals surface area contributed by atoms with Crippen molar-refractivity contribution in [2.45, 2.75) is 32.2 Å². The number of carbonyl (C=O) groups is 1. The summed E-state index contributed by atoms with van der Waals surface area (Å²) in [6.45, 7) is 4.83. The maximum absolute atomic E-state index is 11.9. The molecule has 0 bridgehead atoms. The minimum Gasteiger partial charge on any atom is -0.353 e. The summed E-state index contributed by atoms with van der Waals surface area (Å²) in [6.07, 6.45) is 0.581. The van der Waals surface area contributed by atoms with Gasteiger partial charge in [0.1, 0.15) is 0 Å². The third kappa shape index (κ3) is 4.76. The third-order valence-electron chi connectivity index (χ3n) is 4.07. The number of nitrogens with two attached hydrogens (primary N) is 1. The molecule has 128 valence electrons. The summed E-state index contributed by atoms with van der Waals surface area (Å²) in [5, 5.41) is 2.71. The van der Waals surface area contributed by atoms with Gasteiger partial charge in [0.2, 0.25) is 15.9 Å². The lowest BCUT2D eigenvalue weighted by Gasteiger charge is -2.17. The van der Waals surface area contributed by atoms with Crippen LogP contribution in [0.15, 0.2) is 24.3 Å². The monoisotopic (exact) mass is 339 g/mol. The average molecular weight is 339 g/mol. The van der Waals surface area contributed by atoms with Gasteiger partial charge in [0.05, 0.1) is 12.3 Å². The molecule has 1 aliphatic rings. The second-order valence-corrected chi connectivity index (χ2v) is 8.32. The smallest absolute Gasteiger partial charge is 0.235 e. The van der Waals surface area contributed by atoms with Crippen molar-refractivity contribution >= 4 is 15.9 Å². The first kappa shape index (κ1) is 17.9. The molecule has 1 atom stereocenters. The first-order valence-corrected chi connectivity index (χ1v) is 9.50. The highest BCUT2D eigenvalue weighted by molar-refractivity contribution is 7.89. The Morgan fingerprint density at radius 1 is 1.26 bits per heavy atom. The predicted molar refractivity (Wildman–Crippen MR) is 90.4 cm³/mol. The lowest BCUT2D eigenvalue weighted by atomic mass is 9.99. The maximum atomic E-state index is 11.9. The molecule has 3 N–H and O–H groups in total. The summed E-state index contributed by atoms with van der Waals surface area (Å²) >= 11 is 0. The highest BCUT2D eigenvalue weighted by Crippen LogP contribution is 2.17. The van der Waals surface area contributed by atoms with Crippen LogP contribution in [0.25, 0.3) is 0 Å². The van der Waals surface area contributed by atoms with Crippen LogP contribution in [-0.4, -0.2) is 44.0 Å². The molecule has 2 rings (SSSR count). The molecule has 0 radical (unpaired) electrons. The number of nitrogens with zero attached hydrogens (tertiary/aromatic N) is 1. The Balaban J connectivity index is 1.84. The molecule has 0 spiro atoms. The zero-order chi connectivity index (χ0) is 17.0. The van der Waals surface area contributed by atoms with Crippen molar-refractivity contribution in [3.8, 4) is 0 Å². The van der Waals surface area contributed by atoms with Crippen LogP contribution in [0.2, 0.25) is 0 Å². The van der Waals surface area contributed by atoms with Gasteiger partial charge < -0.3 is 11.1 Å². The Kier molecular flexibility index (Phi) is 5.78. The van der Waals surface area contributed by atoms with Crippen molar-refractivity contribution in [3.05, 3.63) is 35.4 Å². The molecule has 1 saturated heterocycles. The molecule has 1 aliphatic heterocycles. The van der Waals surface area contributed by atoms with Crippen LogP contribution >= 0.6 is 0 Å². The first-order chi connectivity index (χ1) is 10.8. The molecule has 0 aliphatic carbocycles. The maximum Gasteiger partial charge on any atom is 0.235 e. The van der Waals surface area contributed by atoms with Crippen molar-refractivity contribution in [1.29, 1.82) is 0 Å². The standard InChI is InChI=1S/C16H25N3O3S/c1-12(2)13-4-6-14(7-5-13)15(17)10-18-16(20)11-19-8-3-9-23(19,21)22/h4-7,12,15H,3,8-11,17H2,1-2H3,(H,18,20). The molecule has 1 unspecified atom stereocenters. The van der Waals surface area contributed by atoms with Gasteiger partial charge >= 0.3 is 0 Å². The molecule has 7 heteroatoms. The van der Waals surface area contributed by atoms with Crippen molar-refractivity contribution < 1.29 is 13.2 Å². The average Bonchev–Trinajstić information content (AvgIpc) is 2.83. The topological polar surface area (TPSA) is 92.5 Å². The van der Waals surface area contributed by atoms with Crippen molar-refractivity contribution in [3.63, 3.8) is 0 Å². The molecular formula is C16H25N3O3S. The number of hydrogen-bond donors (Lipinski definition) is 2.